The number of hydrogen-bond acceptors (Lipinski definition) is 9. The molecule has 0 amide bonds. The van der Waals surface area contributed by atoms with Crippen LogP contribution in [-0.4, -0.2) is 64.5 Å². The molecule has 1 aliphatic heterocycles. The monoisotopic (exact) mass is 832 g/mol. The van der Waals surface area contributed by atoms with Crippen molar-refractivity contribution in [2.24, 2.45) is 0 Å². The molecule has 9 nitrogen and oxygen atoms in total. The summed E-state index contributed by atoms with van der Waals surface area (Å²) in [5, 5.41) is 1.16. The fourth-order valence-electron chi connectivity index (χ4n) is 6.48. The summed E-state index contributed by atoms with van der Waals surface area (Å²) in [5.41, 5.74) is 4.97. The Hall–Kier alpha value is -3.71. The first-order valence-electron chi connectivity index (χ1n) is 18.4. The summed E-state index contributed by atoms with van der Waals surface area (Å²) in [6.07, 6.45) is -2.54. The van der Waals surface area contributed by atoms with Crippen molar-refractivity contribution in [3.05, 3.63) is 179 Å². The summed E-state index contributed by atoms with van der Waals surface area (Å²) in [4.78, 5) is -0.0502. The molecule has 5 aromatic rings. The maximum absolute atomic E-state index is 12.2. The van der Waals surface area contributed by atoms with Crippen LogP contribution in [0.2, 0.25) is 15.5 Å². The zero-order valence-corrected chi connectivity index (χ0v) is 33.2. The van der Waals surface area contributed by atoms with Gasteiger partial charge in [-0.2, -0.15) is 0 Å². The predicted molar refractivity (Wildman–Crippen MR) is 211 cm³/mol. The molecule has 0 radical (unpaired) electrons. The summed E-state index contributed by atoms with van der Waals surface area (Å²) < 4.78 is 74.5. The van der Waals surface area contributed by atoms with Crippen molar-refractivity contribution in [3.63, 3.8) is 0 Å². The van der Waals surface area contributed by atoms with Crippen molar-refractivity contribution in [2.75, 3.05) is 13.2 Å². The molecule has 11 heteroatoms. The van der Waals surface area contributed by atoms with Gasteiger partial charge in [0.15, 0.2) is 0 Å². The van der Waals surface area contributed by atoms with Gasteiger partial charge >= 0.3 is 331 Å². The van der Waals surface area contributed by atoms with Gasteiger partial charge in [0.25, 0.3) is 0 Å². The SMILES string of the molecule is O=S(=O)([O-])OC(COCc1ccccc1)C(C[Se+]1CC(OCc2ccccc2)C(OCc2ccccc2)C1COCc1ccccc1)OCc1ccccc1. The third-order valence-electron chi connectivity index (χ3n) is 9.26. The van der Waals surface area contributed by atoms with E-state index in [0.29, 0.717) is 37.1 Å². The molecule has 1 saturated heterocycles. The Kier molecular flexibility index (Phi) is 16.0. The number of rotatable bonds is 22. The van der Waals surface area contributed by atoms with Gasteiger partial charge in [-0.05, 0) is 0 Å². The van der Waals surface area contributed by atoms with Crippen molar-refractivity contribution >= 4 is 24.3 Å². The van der Waals surface area contributed by atoms with E-state index in [4.69, 9.17) is 27.9 Å². The minimum atomic E-state index is -5.11. The van der Waals surface area contributed by atoms with Gasteiger partial charge < -0.3 is 0 Å². The Morgan fingerprint density at radius 2 is 1.00 bits per heavy atom. The van der Waals surface area contributed by atoms with E-state index in [-0.39, 0.29) is 36.8 Å². The standard InChI is InChI=1S/C44H48O9SSe/c45-54(46,47)53-40(31-48-26-35-16-6-1-7-17-35)41(50-28-37-20-10-3-11-21-37)33-55-34-42(51-29-38-22-12-4-13-23-38)44(52-30-39-24-14-5-15-25-39)43(55)32-49-27-36-18-8-2-9-19-36/h1-25,40-44H,26-34H2. The first-order valence-corrected chi connectivity index (χ1v) is 23.1. The second-order valence-corrected chi connectivity index (χ2v) is 19.3. The minimum absolute atomic E-state index is 0.0502. The van der Waals surface area contributed by atoms with Gasteiger partial charge in [-0.3, -0.25) is 0 Å². The van der Waals surface area contributed by atoms with Crippen molar-refractivity contribution in [1.29, 1.82) is 0 Å². The third-order valence-corrected chi connectivity index (χ3v) is 15.6. The average Bonchev–Trinajstić information content (AvgIpc) is 3.54. The normalized spacial score (nSPS) is 19.6. The van der Waals surface area contributed by atoms with Gasteiger partial charge in [-0.15, -0.1) is 0 Å². The Bertz CT molecular complexity index is 1910. The molecule has 1 aliphatic rings. The second-order valence-electron chi connectivity index (χ2n) is 13.4. The van der Waals surface area contributed by atoms with Crippen molar-refractivity contribution in [1.82, 2.24) is 0 Å². The van der Waals surface area contributed by atoms with Crippen LogP contribution >= 0.6 is 0 Å². The van der Waals surface area contributed by atoms with Crippen LogP contribution in [0, 0.1) is 0 Å². The van der Waals surface area contributed by atoms with Gasteiger partial charge in [0.2, 0.25) is 0 Å². The zero-order valence-electron chi connectivity index (χ0n) is 30.7. The Labute approximate surface area is 329 Å². The summed E-state index contributed by atoms with van der Waals surface area (Å²) in [5.74, 6) is 0. The van der Waals surface area contributed by atoms with E-state index in [0.717, 1.165) is 27.8 Å². The van der Waals surface area contributed by atoms with Gasteiger partial charge in [-0.1, -0.05) is 0 Å². The molecule has 1 heterocycles. The van der Waals surface area contributed by atoms with E-state index < -0.39 is 36.5 Å². The molecule has 5 aromatic carbocycles. The second kappa shape index (κ2) is 21.6. The van der Waals surface area contributed by atoms with Crippen LogP contribution < -0.4 is 0 Å². The Morgan fingerprint density at radius 1 is 0.564 bits per heavy atom. The number of hydrogen-bond donors (Lipinski definition) is 0. The summed E-state index contributed by atoms with van der Waals surface area (Å²) in [6, 6.07) is 49.3. The number of benzene rings is 5. The molecule has 6 unspecified atom stereocenters. The van der Waals surface area contributed by atoms with E-state index >= 15 is 0 Å². The number of ether oxygens (including phenoxy) is 5. The molecule has 55 heavy (non-hydrogen) atoms. The van der Waals surface area contributed by atoms with Gasteiger partial charge in [0.1, 0.15) is 0 Å². The van der Waals surface area contributed by atoms with Crippen LogP contribution in [-0.2, 0) is 71.3 Å². The summed E-state index contributed by atoms with van der Waals surface area (Å²) >= 11 is -1.83. The van der Waals surface area contributed by atoms with Gasteiger partial charge in [0.05, 0.1) is 0 Å². The molecule has 0 aromatic heterocycles. The van der Waals surface area contributed by atoms with Crippen molar-refractivity contribution < 1.29 is 40.8 Å². The van der Waals surface area contributed by atoms with E-state index in [2.05, 4.69) is 0 Å². The van der Waals surface area contributed by atoms with Gasteiger partial charge in [-0.25, -0.2) is 0 Å². The molecular formula is C44H48O9SSe. The van der Waals surface area contributed by atoms with E-state index in [1.807, 2.05) is 152 Å². The van der Waals surface area contributed by atoms with E-state index in [1.54, 1.807) is 0 Å². The molecule has 0 bridgehead atoms. The molecule has 6 atom stereocenters. The average molecular weight is 832 g/mol. The molecule has 0 saturated carbocycles. The Balaban J connectivity index is 1.28. The molecule has 6 rings (SSSR count). The summed E-state index contributed by atoms with van der Waals surface area (Å²) in [7, 11) is -5.11. The first kappa shape index (κ1) is 40.9. The topological polar surface area (TPSA) is 113 Å². The molecule has 1 fully saturated rings. The predicted octanol–water partition coefficient (Wildman–Crippen LogP) is 7.90. The fourth-order valence-corrected chi connectivity index (χ4v) is 13.2. The molecule has 0 aliphatic carbocycles. The fraction of sp³-hybridized carbons (Fsp3) is 0.318. The van der Waals surface area contributed by atoms with Crippen molar-refractivity contribution in [2.45, 2.75) is 72.9 Å². The quantitative estimate of drug-likeness (QED) is 0.0391. The van der Waals surface area contributed by atoms with E-state index in [1.165, 1.54) is 0 Å². The summed E-state index contributed by atoms with van der Waals surface area (Å²) in [6.45, 7) is 1.89. The molecule has 290 valence electrons. The van der Waals surface area contributed by atoms with Crippen LogP contribution in [0.5, 0.6) is 0 Å². The zero-order chi connectivity index (χ0) is 38.1. The first-order chi connectivity index (χ1) is 26.9. The Morgan fingerprint density at radius 3 is 1.49 bits per heavy atom. The van der Waals surface area contributed by atoms with Crippen molar-refractivity contribution in [3.8, 4) is 0 Å². The van der Waals surface area contributed by atoms with Crippen LogP contribution in [0.4, 0.5) is 0 Å². The van der Waals surface area contributed by atoms with Crippen LogP contribution in [0.15, 0.2) is 152 Å². The molecule has 0 N–H and O–H groups in total. The maximum atomic E-state index is 12.2. The molecule has 0 spiro atoms. The van der Waals surface area contributed by atoms with Crippen LogP contribution in [0.3, 0.4) is 0 Å². The van der Waals surface area contributed by atoms with E-state index in [9.17, 15) is 13.0 Å². The third kappa shape index (κ3) is 13.8. The van der Waals surface area contributed by atoms with Crippen LogP contribution in [0.25, 0.3) is 0 Å². The van der Waals surface area contributed by atoms with Gasteiger partial charge in [0, 0.05) is 0 Å². The molecular weight excluding hydrogens is 784 g/mol. The van der Waals surface area contributed by atoms with Crippen LogP contribution in [0.1, 0.15) is 27.8 Å².